The second kappa shape index (κ2) is 7.28. The van der Waals surface area contributed by atoms with E-state index in [0.717, 1.165) is 52.4 Å². The summed E-state index contributed by atoms with van der Waals surface area (Å²) in [5, 5.41) is 4.26. The molecule has 2 fully saturated rings. The Hall–Kier alpha value is -1.69. The van der Waals surface area contributed by atoms with Crippen molar-refractivity contribution in [2.75, 3.05) is 18.0 Å². The van der Waals surface area contributed by atoms with Crippen molar-refractivity contribution in [3.05, 3.63) is 16.8 Å². The number of fused-ring (bicyclic) bond motifs is 1. The summed E-state index contributed by atoms with van der Waals surface area (Å²) in [5.41, 5.74) is 0.798. The van der Waals surface area contributed by atoms with Gasteiger partial charge in [-0.05, 0) is 32.6 Å². The Morgan fingerprint density at radius 3 is 2.56 bits per heavy atom. The molecule has 0 spiro atoms. The molecule has 0 bridgehead atoms. The second-order valence-corrected chi connectivity index (χ2v) is 8.47. The van der Waals surface area contributed by atoms with Crippen molar-refractivity contribution < 1.29 is 4.79 Å². The van der Waals surface area contributed by atoms with Crippen molar-refractivity contribution in [3.8, 4) is 0 Å². The first-order valence-corrected chi connectivity index (χ1v) is 10.4. The van der Waals surface area contributed by atoms with Crippen molar-refractivity contribution in [2.24, 2.45) is 0 Å². The lowest BCUT2D eigenvalue weighted by atomic mass is 10.1. The molecular weight excluding hydrogens is 332 g/mol. The van der Waals surface area contributed by atoms with Crippen LogP contribution in [0.5, 0.6) is 0 Å². The van der Waals surface area contributed by atoms with E-state index in [1.54, 1.807) is 17.7 Å². The fraction of sp³-hybridized carbons (Fsp3) is 0.632. The summed E-state index contributed by atoms with van der Waals surface area (Å²) in [5.74, 6) is 1.00. The van der Waals surface area contributed by atoms with E-state index in [1.807, 2.05) is 6.92 Å². The minimum atomic E-state index is 0.0610. The topological polar surface area (TPSA) is 58.1 Å². The molecule has 2 aromatic rings. The number of aryl methyl sites for hydroxylation is 1. The van der Waals surface area contributed by atoms with Crippen LogP contribution in [0, 0.1) is 6.92 Å². The van der Waals surface area contributed by atoms with E-state index in [0.29, 0.717) is 6.04 Å². The average Bonchev–Trinajstić information content (AvgIpc) is 3.16. The minimum absolute atomic E-state index is 0.0610. The van der Waals surface area contributed by atoms with E-state index in [4.69, 9.17) is 0 Å². The molecule has 0 unspecified atom stereocenters. The summed E-state index contributed by atoms with van der Waals surface area (Å²) in [7, 11) is 0. The highest BCUT2D eigenvalue weighted by Gasteiger charge is 2.26. The van der Waals surface area contributed by atoms with Crippen molar-refractivity contribution >= 4 is 33.3 Å². The zero-order valence-corrected chi connectivity index (χ0v) is 15.7. The second-order valence-electron chi connectivity index (χ2n) is 7.27. The summed E-state index contributed by atoms with van der Waals surface area (Å²) in [6, 6.07) is 0.309. The van der Waals surface area contributed by atoms with E-state index in [9.17, 15) is 4.79 Å². The molecule has 1 saturated carbocycles. The molecule has 6 heteroatoms. The average molecular weight is 359 g/mol. The zero-order chi connectivity index (χ0) is 17.2. The Balaban J connectivity index is 1.68. The summed E-state index contributed by atoms with van der Waals surface area (Å²) in [6.07, 6.45) is 11.2. The van der Waals surface area contributed by atoms with Crippen molar-refractivity contribution in [3.63, 3.8) is 0 Å². The van der Waals surface area contributed by atoms with Gasteiger partial charge in [-0.25, -0.2) is 9.97 Å². The van der Waals surface area contributed by atoms with Crippen LogP contribution in [0.3, 0.4) is 0 Å². The number of amides is 1. The first kappa shape index (κ1) is 16.8. The maximum atomic E-state index is 13.1. The maximum absolute atomic E-state index is 13.1. The van der Waals surface area contributed by atoms with Gasteiger partial charge in [-0.15, -0.1) is 11.3 Å². The number of thiophene rings is 1. The molecule has 0 atom stereocenters. The first-order valence-electron chi connectivity index (χ1n) is 9.54. The molecular formula is C19H26N4OS. The van der Waals surface area contributed by atoms with Gasteiger partial charge >= 0.3 is 0 Å². The Kier molecular flexibility index (Phi) is 4.88. The lowest BCUT2D eigenvalue weighted by Crippen LogP contribution is -2.34. The molecule has 1 amide bonds. The van der Waals surface area contributed by atoms with Gasteiger partial charge in [-0.1, -0.05) is 25.7 Å². The lowest BCUT2D eigenvalue weighted by molar-refractivity contribution is 0.0935. The van der Waals surface area contributed by atoms with Crippen LogP contribution in [-0.4, -0.2) is 35.0 Å². The van der Waals surface area contributed by atoms with Crippen LogP contribution in [0.25, 0.3) is 10.2 Å². The Morgan fingerprint density at radius 1 is 1.12 bits per heavy atom. The highest BCUT2D eigenvalue weighted by atomic mass is 32.1. The van der Waals surface area contributed by atoms with Crippen LogP contribution in [0.4, 0.5) is 5.82 Å². The number of hydrogen-bond donors (Lipinski definition) is 1. The fourth-order valence-electron chi connectivity index (χ4n) is 4.15. The molecule has 134 valence electrons. The van der Waals surface area contributed by atoms with E-state index >= 15 is 0 Å². The third-order valence-electron chi connectivity index (χ3n) is 5.47. The smallest absolute Gasteiger partial charge is 0.253 e. The summed E-state index contributed by atoms with van der Waals surface area (Å²) in [4.78, 5) is 26.4. The highest BCUT2D eigenvalue weighted by molar-refractivity contribution is 7.19. The standard InChI is InChI=1S/C19H26N4OS/c1-13-15(18(24)22-14-8-4-2-3-5-9-14)16-17(23-10-6-7-11-23)20-12-21-19(16)25-13/h12,14H,2-11H2,1H3,(H,22,24). The van der Waals surface area contributed by atoms with Gasteiger partial charge in [0.2, 0.25) is 0 Å². The third-order valence-corrected chi connectivity index (χ3v) is 6.48. The normalized spacial score (nSPS) is 19.3. The molecule has 1 saturated heterocycles. The van der Waals surface area contributed by atoms with E-state index in [1.165, 1.54) is 38.5 Å². The molecule has 4 rings (SSSR count). The maximum Gasteiger partial charge on any atom is 0.253 e. The fourth-order valence-corrected chi connectivity index (χ4v) is 5.13. The minimum Gasteiger partial charge on any atom is -0.356 e. The van der Waals surface area contributed by atoms with E-state index in [2.05, 4.69) is 20.2 Å². The number of rotatable bonds is 3. The molecule has 0 radical (unpaired) electrons. The quantitative estimate of drug-likeness (QED) is 0.841. The molecule has 1 aliphatic carbocycles. The largest absolute Gasteiger partial charge is 0.356 e. The SMILES string of the molecule is Cc1sc2ncnc(N3CCCC3)c2c1C(=O)NC1CCCCCC1. The van der Waals surface area contributed by atoms with Crippen LogP contribution in [-0.2, 0) is 0 Å². The summed E-state index contributed by atoms with van der Waals surface area (Å²) in [6.45, 7) is 4.07. The van der Waals surface area contributed by atoms with Gasteiger partial charge in [0.25, 0.3) is 5.91 Å². The van der Waals surface area contributed by atoms with Crippen molar-refractivity contribution in [1.29, 1.82) is 0 Å². The van der Waals surface area contributed by atoms with Crippen molar-refractivity contribution in [1.82, 2.24) is 15.3 Å². The molecule has 0 aromatic carbocycles. The lowest BCUT2D eigenvalue weighted by Gasteiger charge is -2.19. The zero-order valence-electron chi connectivity index (χ0n) is 14.9. The van der Waals surface area contributed by atoms with Gasteiger partial charge < -0.3 is 10.2 Å². The summed E-state index contributed by atoms with van der Waals surface area (Å²) < 4.78 is 0. The first-order chi connectivity index (χ1) is 12.2. The number of anilines is 1. The van der Waals surface area contributed by atoms with Crippen LogP contribution in [0.2, 0.25) is 0 Å². The van der Waals surface area contributed by atoms with Crippen LogP contribution in [0.1, 0.15) is 66.6 Å². The number of carbonyl (C=O) groups is 1. The van der Waals surface area contributed by atoms with Crippen LogP contribution in [0.15, 0.2) is 6.33 Å². The Labute approximate surface area is 152 Å². The highest BCUT2D eigenvalue weighted by Crippen LogP contribution is 2.36. The molecule has 25 heavy (non-hydrogen) atoms. The number of carbonyl (C=O) groups excluding carboxylic acids is 1. The van der Waals surface area contributed by atoms with Gasteiger partial charge in [-0.3, -0.25) is 4.79 Å². The summed E-state index contributed by atoms with van der Waals surface area (Å²) >= 11 is 1.61. The number of nitrogens with zero attached hydrogens (tertiary/aromatic N) is 3. The Morgan fingerprint density at radius 2 is 1.84 bits per heavy atom. The number of hydrogen-bond acceptors (Lipinski definition) is 5. The van der Waals surface area contributed by atoms with Gasteiger partial charge in [0, 0.05) is 24.0 Å². The molecule has 1 aliphatic heterocycles. The molecule has 3 heterocycles. The molecule has 1 N–H and O–H groups in total. The predicted octanol–water partition coefficient (Wildman–Crippen LogP) is 4.05. The Bertz CT molecular complexity index is 758. The van der Waals surface area contributed by atoms with Crippen molar-refractivity contribution in [2.45, 2.75) is 64.3 Å². The van der Waals surface area contributed by atoms with E-state index in [-0.39, 0.29) is 5.91 Å². The van der Waals surface area contributed by atoms with Gasteiger partial charge in [0.1, 0.15) is 17.0 Å². The monoisotopic (exact) mass is 358 g/mol. The van der Waals surface area contributed by atoms with Crippen LogP contribution < -0.4 is 10.2 Å². The van der Waals surface area contributed by atoms with Gasteiger partial charge in [-0.2, -0.15) is 0 Å². The molecule has 2 aromatic heterocycles. The van der Waals surface area contributed by atoms with Crippen LogP contribution >= 0.6 is 11.3 Å². The van der Waals surface area contributed by atoms with Gasteiger partial charge in [0.05, 0.1) is 10.9 Å². The predicted molar refractivity (Wildman–Crippen MR) is 103 cm³/mol. The number of aromatic nitrogens is 2. The third kappa shape index (κ3) is 3.36. The number of nitrogens with one attached hydrogen (secondary N) is 1. The van der Waals surface area contributed by atoms with Gasteiger partial charge in [0.15, 0.2) is 0 Å². The molecule has 2 aliphatic rings. The van der Waals surface area contributed by atoms with E-state index < -0.39 is 0 Å². The molecule has 5 nitrogen and oxygen atoms in total.